The van der Waals surface area contributed by atoms with Gasteiger partial charge in [0.15, 0.2) is 0 Å². The van der Waals surface area contributed by atoms with E-state index in [1.807, 2.05) is 36.6 Å². The Morgan fingerprint density at radius 3 is 2.50 bits per heavy atom. The summed E-state index contributed by atoms with van der Waals surface area (Å²) in [5.41, 5.74) is 8.76. The molecule has 0 unspecified atom stereocenters. The normalized spacial score (nSPS) is 10.3. The maximum Gasteiger partial charge on any atom is 0.107 e. The predicted molar refractivity (Wildman–Crippen MR) is 95.6 cm³/mol. The van der Waals surface area contributed by atoms with Crippen LogP contribution in [0.25, 0.3) is 0 Å². The lowest BCUT2D eigenvalue weighted by molar-refractivity contribution is 1.38. The largest absolute Gasteiger partial charge is 0.389 e. The first-order chi connectivity index (χ1) is 9.65. The Hall–Kier alpha value is -1.17. The Bertz CT molecular complexity index is 626. The van der Waals surface area contributed by atoms with Gasteiger partial charge in [0.25, 0.3) is 0 Å². The van der Waals surface area contributed by atoms with E-state index in [0.717, 1.165) is 21.8 Å². The number of anilines is 2. The van der Waals surface area contributed by atoms with Crippen molar-refractivity contribution >= 4 is 52.1 Å². The van der Waals surface area contributed by atoms with Crippen molar-refractivity contribution in [2.75, 3.05) is 17.8 Å². The highest BCUT2D eigenvalue weighted by Crippen LogP contribution is 2.30. The molecule has 0 amide bonds. The minimum absolute atomic E-state index is 0.415. The Labute approximate surface area is 133 Å². The lowest BCUT2D eigenvalue weighted by atomic mass is 10.1. The van der Waals surface area contributed by atoms with E-state index < -0.39 is 0 Å². The van der Waals surface area contributed by atoms with Gasteiger partial charge in [-0.05, 0) is 42.8 Å². The van der Waals surface area contributed by atoms with Gasteiger partial charge in [-0.2, -0.15) is 0 Å². The molecule has 0 radical (unpaired) electrons. The van der Waals surface area contributed by atoms with Crippen LogP contribution in [0, 0.1) is 0 Å². The average molecular weight is 321 g/mol. The summed E-state index contributed by atoms with van der Waals surface area (Å²) in [5.74, 6) is 0. The average Bonchev–Trinajstić information content (AvgIpc) is 2.46. The van der Waals surface area contributed by atoms with Crippen LogP contribution in [-0.4, -0.2) is 17.5 Å². The van der Waals surface area contributed by atoms with Crippen molar-refractivity contribution in [3.05, 3.63) is 48.0 Å². The molecular formula is C15H16N2S3. The van der Waals surface area contributed by atoms with Gasteiger partial charge >= 0.3 is 0 Å². The van der Waals surface area contributed by atoms with Crippen molar-refractivity contribution in [1.82, 2.24) is 0 Å². The van der Waals surface area contributed by atoms with E-state index >= 15 is 0 Å². The number of nitrogens with one attached hydrogen (secondary N) is 1. The zero-order valence-electron chi connectivity index (χ0n) is 11.3. The van der Waals surface area contributed by atoms with Gasteiger partial charge in [0, 0.05) is 26.7 Å². The summed E-state index contributed by atoms with van der Waals surface area (Å²) < 4.78 is 0. The molecule has 2 aromatic rings. The van der Waals surface area contributed by atoms with Crippen molar-refractivity contribution in [3.63, 3.8) is 0 Å². The maximum atomic E-state index is 5.87. The van der Waals surface area contributed by atoms with E-state index in [-0.39, 0.29) is 0 Å². The van der Waals surface area contributed by atoms with Crippen LogP contribution in [0.15, 0.2) is 52.3 Å². The molecule has 0 aromatic heterocycles. The van der Waals surface area contributed by atoms with Crippen LogP contribution in [0.3, 0.4) is 0 Å². The van der Waals surface area contributed by atoms with E-state index in [0.29, 0.717) is 4.99 Å². The first-order valence-electron chi connectivity index (χ1n) is 6.03. The van der Waals surface area contributed by atoms with Crippen molar-refractivity contribution in [2.24, 2.45) is 5.73 Å². The molecule has 3 N–H and O–H groups in total. The Kier molecular flexibility index (Phi) is 5.34. The van der Waals surface area contributed by atoms with E-state index in [1.54, 1.807) is 23.5 Å². The zero-order valence-corrected chi connectivity index (χ0v) is 13.8. The fourth-order valence-electron chi connectivity index (χ4n) is 1.92. The number of rotatable bonds is 5. The standard InChI is InChI=1S/C15H16N2S3/c1-19-11-6-3-5-10(9-11)17-12-7-4-8-13(20-2)14(12)15(16)18/h3-9,17H,1-2H3,(H2,16,18). The second-order valence-corrected chi connectivity index (χ2v) is 6.27. The summed E-state index contributed by atoms with van der Waals surface area (Å²) in [4.78, 5) is 2.72. The van der Waals surface area contributed by atoms with Gasteiger partial charge in [-0.3, -0.25) is 0 Å². The van der Waals surface area contributed by atoms with Gasteiger partial charge in [0.2, 0.25) is 0 Å². The van der Waals surface area contributed by atoms with Gasteiger partial charge in [0.1, 0.15) is 4.99 Å². The molecule has 5 heteroatoms. The second kappa shape index (κ2) is 7.02. The number of hydrogen-bond donors (Lipinski definition) is 2. The SMILES string of the molecule is CSc1cccc(Nc2cccc(SC)c2C(N)=S)c1. The van der Waals surface area contributed by atoms with E-state index in [2.05, 4.69) is 23.7 Å². The van der Waals surface area contributed by atoms with E-state index in [4.69, 9.17) is 18.0 Å². The molecule has 0 fully saturated rings. The zero-order chi connectivity index (χ0) is 14.5. The quantitative estimate of drug-likeness (QED) is 0.626. The number of benzene rings is 2. The first kappa shape index (κ1) is 15.2. The molecule has 0 saturated carbocycles. The first-order valence-corrected chi connectivity index (χ1v) is 8.89. The van der Waals surface area contributed by atoms with Crippen LogP contribution in [-0.2, 0) is 0 Å². The molecule has 0 spiro atoms. The van der Waals surface area contributed by atoms with Crippen molar-refractivity contribution in [2.45, 2.75) is 9.79 Å². The smallest absolute Gasteiger partial charge is 0.107 e. The molecular weight excluding hydrogens is 304 g/mol. The highest BCUT2D eigenvalue weighted by molar-refractivity contribution is 7.99. The van der Waals surface area contributed by atoms with Gasteiger partial charge in [-0.15, -0.1) is 23.5 Å². The number of thioether (sulfide) groups is 2. The molecule has 0 aliphatic heterocycles. The third kappa shape index (κ3) is 3.48. The molecule has 2 nitrogen and oxygen atoms in total. The number of thiocarbonyl (C=S) groups is 1. The topological polar surface area (TPSA) is 38.0 Å². The summed E-state index contributed by atoms with van der Waals surface area (Å²) >= 11 is 8.55. The fourth-order valence-corrected chi connectivity index (χ4v) is 3.30. The molecule has 104 valence electrons. The Balaban J connectivity index is 2.40. The Morgan fingerprint density at radius 2 is 1.85 bits per heavy atom. The minimum atomic E-state index is 0.415. The number of hydrogen-bond acceptors (Lipinski definition) is 4. The molecule has 0 aliphatic carbocycles. The Morgan fingerprint density at radius 1 is 1.10 bits per heavy atom. The predicted octanol–water partition coefficient (Wildman–Crippen LogP) is 4.51. The van der Waals surface area contributed by atoms with Gasteiger partial charge < -0.3 is 11.1 Å². The second-order valence-electron chi connectivity index (χ2n) is 4.10. The fraction of sp³-hybridized carbons (Fsp3) is 0.133. The summed E-state index contributed by atoms with van der Waals surface area (Å²) in [5, 5.41) is 3.41. The van der Waals surface area contributed by atoms with E-state index in [1.165, 1.54) is 4.90 Å². The van der Waals surface area contributed by atoms with Crippen LogP contribution >= 0.6 is 35.7 Å². The van der Waals surface area contributed by atoms with Crippen molar-refractivity contribution in [3.8, 4) is 0 Å². The highest BCUT2D eigenvalue weighted by Gasteiger charge is 2.10. The van der Waals surface area contributed by atoms with Gasteiger partial charge in [-0.1, -0.05) is 24.4 Å². The lowest BCUT2D eigenvalue weighted by Crippen LogP contribution is -2.13. The summed E-state index contributed by atoms with van der Waals surface area (Å²) in [6.45, 7) is 0. The van der Waals surface area contributed by atoms with Gasteiger partial charge in [-0.25, -0.2) is 0 Å². The summed E-state index contributed by atoms with van der Waals surface area (Å²) in [6.07, 6.45) is 4.09. The molecule has 0 aliphatic rings. The molecule has 0 atom stereocenters. The maximum absolute atomic E-state index is 5.87. The lowest BCUT2D eigenvalue weighted by Gasteiger charge is -2.14. The minimum Gasteiger partial charge on any atom is -0.389 e. The molecule has 2 aromatic carbocycles. The van der Waals surface area contributed by atoms with Crippen LogP contribution in [0.5, 0.6) is 0 Å². The van der Waals surface area contributed by atoms with Crippen LogP contribution in [0.4, 0.5) is 11.4 Å². The van der Waals surface area contributed by atoms with Crippen LogP contribution in [0.2, 0.25) is 0 Å². The van der Waals surface area contributed by atoms with Crippen LogP contribution < -0.4 is 11.1 Å². The third-order valence-electron chi connectivity index (χ3n) is 2.84. The monoisotopic (exact) mass is 320 g/mol. The summed E-state index contributed by atoms with van der Waals surface area (Å²) in [6, 6.07) is 14.3. The molecule has 0 heterocycles. The summed E-state index contributed by atoms with van der Waals surface area (Å²) in [7, 11) is 0. The molecule has 20 heavy (non-hydrogen) atoms. The third-order valence-corrected chi connectivity index (χ3v) is 4.55. The molecule has 0 saturated heterocycles. The molecule has 0 bridgehead atoms. The van der Waals surface area contributed by atoms with Gasteiger partial charge in [0.05, 0.1) is 0 Å². The highest BCUT2D eigenvalue weighted by atomic mass is 32.2. The number of nitrogens with two attached hydrogens (primary N) is 1. The van der Waals surface area contributed by atoms with E-state index in [9.17, 15) is 0 Å². The van der Waals surface area contributed by atoms with Crippen molar-refractivity contribution in [1.29, 1.82) is 0 Å². The molecule has 2 rings (SSSR count). The van der Waals surface area contributed by atoms with Crippen molar-refractivity contribution < 1.29 is 0 Å². The van der Waals surface area contributed by atoms with Crippen LogP contribution in [0.1, 0.15) is 5.56 Å².